The highest BCUT2D eigenvalue weighted by atomic mass is 16.6. The van der Waals surface area contributed by atoms with Gasteiger partial charge in [-0.3, -0.25) is 4.79 Å². The maximum absolute atomic E-state index is 12.0. The minimum absolute atomic E-state index is 0.00618. The Balaban J connectivity index is 3.13. The average Bonchev–Trinajstić information content (AvgIpc) is 3.11. The Labute approximate surface area is 294 Å². The Kier molecular flexibility index (Phi) is 42.2. The second-order valence-corrected chi connectivity index (χ2v) is 10.5. The Morgan fingerprint density at radius 2 is 0.653 bits per heavy atom. The summed E-state index contributed by atoms with van der Waals surface area (Å²) in [5, 5.41) is 8.58. The van der Waals surface area contributed by atoms with Crippen LogP contribution in [0.2, 0.25) is 0 Å². The molecule has 0 saturated carbocycles. The van der Waals surface area contributed by atoms with Crippen molar-refractivity contribution in [3.8, 4) is 0 Å². The summed E-state index contributed by atoms with van der Waals surface area (Å²) in [7, 11) is 0. The number of unbranched alkanes of at least 4 members (excludes halogenated alkanes) is 1. The summed E-state index contributed by atoms with van der Waals surface area (Å²) in [6, 6.07) is 0. The van der Waals surface area contributed by atoms with E-state index in [-0.39, 0.29) is 25.1 Å². The van der Waals surface area contributed by atoms with Crippen LogP contribution in [0.15, 0.2) is 0 Å². The number of hydrogen-bond donors (Lipinski definition) is 1. The number of aliphatic hydroxyl groups excluding tert-OH is 1. The van der Waals surface area contributed by atoms with Crippen molar-refractivity contribution in [2.24, 2.45) is 5.92 Å². The van der Waals surface area contributed by atoms with Gasteiger partial charge in [0, 0.05) is 0 Å². The summed E-state index contributed by atoms with van der Waals surface area (Å²) < 4.78 is 70.3. The molecule has 0 spiro atoms. The maximum Gasteiger partial charge on any atom is 0.308 e. The van der Waals surface area contributed by atoms with Gasteiger partial charge in [0.15, 0.2) is 0 Å². The molecular formula is C34H68O15. The lowest BCUT2D eigenvalue weighted by atomic mass is 10.00. The monoisotopic (exact) mass is 716 g/mol. The highest BCUT2D eigenvalue weighted by Crippen LogP contribution is 2.14. The molecule has 0 aliphatic heterocycles. The van der Waals surface area contributed by atoms with E-state index in [9.17, 15) is 4.79 Å². The molecule has 0 aliphatic carbocycles. The first-order valence-electron chi connectivity index (χ1n) is 18.0. The summed E-state index contributed by atoms with van der Waals surface area (Å²) in [5.74, 6) is -0.129. The number of aliphatic hydroxyl groups is 1. The molecule has 0 aromatic heterocycles. The van der Waals surface area contributed by atoms with Crippen molar-refractivity contribution in [3.63, 3.8) is 0 Å². The van der Waals surface area contributed by atoms with E-state index in [0.717, 1.165) is 25.7 Å². The number of carbonyl (C=O) groups excluding carboxylic acids is 1. The van der Waals surface area contributed by atoms with Crippen molar-refractivity contribution in [2.45, 2.75) is 39.5 Å². The van der Waals surface area contributed by atoms with Gasteiger partial charge in [-0.05, 0) is 12.8 Å². The van der Waals surface area contributed by atoms with Crippen molar-refractivity contribution in [1.82, 2.24) is 0 Å². The van der Waals surface area contributed by atoms with E-state index in [1.165, 1.54) is 0 Å². The summed E-state index contributed by atoms with van der Waals surface area (Å²) in [4.78, 5) is 12.0. The number of carbonyl (C=O) groups is 1. The van der Waals surface area contributed by atoms with Gasteiger partial charge in [0.1, 0.15) is 6.61 Å². The minimum Gasteiger partial charge on any atom is -0.463 e. The zero-order chi connectivity index (χ0) is 35.6. The molecule has 0 aromatic carbocycles. The highest BCUT2D eigenvalue weighted by molar-refractivity contribution is 5.72. The largest absolute Gasteiger partial charge is 0.463 e. The Morgan fingerprint density at radius 1 is 0.408 bits per heavy atom. The minimum atomic E-state index is -0.123. The van der Waals surface area contributed by atoms with E-state index in [4.69, 9.17) is 66.7 Å². The summed E-state index contributed by atoms with van der Waals surface area (Å²) in [6.07, 6.45) is 3.82. The zero-order valence-corrected chi connectivity index (χ0v) is 30.5. The lowest BCUT2D eigenvalue weighted by Gasteiger charge is -2.13. The first-order valence-corrected chi connectivity index (χ1v) is 18.0. The molecule has 0 fully saturated rings. The van der Waals surface area contributed by atoms with E-state index in [1.54, 1.807) is 0 Å². The maximum atomic E-state index is 12.0. The molecule has 0 aromatic rings. The van der Waals surface area contributed by atoms with Gasteiger partial charge in [-0.25, -0.2) is 0 Å². The van der Waals surface area contributed by atoms with E-state index in [1.807, 2.05) is 6.92 Å². The third-order valence-electron chi connectivity index (χ3n) is 6.53. The fourth-order valence-corrected chi connectivity index (χ4v) is 3.84. The second-order valence-electron chi connectivity index (χ2n) is 10.5. The average molecular weight is 717 g/mol. The third-order valence-corrected chi connectivity index (χ3v) is 6.53. The molecule has 0 radical (unpaired) electrons. The number of rotatable bonds is 43. The molecule has 0 bridgehead atoms. The first-order chi connectivity index (χ1) is 24.3. The highest BCUT2D eigenvalue weighted by Gasteiger charge is 2.16. The van der Waals surface area contributed by atoms with Gasteiger partial charge < -0.3 is 66.7 Å². The van der Waals surface area contributed by atoms with Crippen LogP contribution in [0.3, 0.4) is 0 Å². The van der Waals surface area contributed by atoms with Crippen LogP contribution in [0, 0.1) is 5.92 Å². The predicted molar refractivity (Wildman–Crippen MR) is 181 cm³/mol. The lowest BCUT2D eigenvalue weighted by Crippen LogP contribution is -2.20. The Morgan fingerprint density at radius 3 is 0.878 bits per heavy atom. The summed E-state index contributed by atoms with van der Waals surface area (Å²) >= 11 is 0. The molecular weight excluding hydrogens is 648 g/mol. The van der Waals surface area contributed by atoms with Gasteiger partial charge in [0.2, 0.25) is 0 Å². The molecule has 294 valence electrons. The van der Waals surface area contributed by atoms with E-state index < -0.39 is 0 Å². The molecule has 1 unspecified atom stereocenters. The third kappa shape index (κ3) is 39.6. The molecule has 15 heteroatoms. The molecule has 1 N–H and O–H groups in total. The Hall–Kier alpha value is -1.05. The smallest absolute Gasteiger partial charge is 0.308 e. The lowest BCUT2D eigenvalue weighted by molar-refractivity contribution is -0.150. The van der Waals surface area contributed by atoms with Crippen LogP contribution in [-0.2, 0) is 66.4 Å². The zero-order valence-electron chi connectivity index (χ0n) is 30.5. The molecule has 0 rings (SSSR count). The normalized spacial score (nSPS) is 12.1. The van der Waals surface area contributed by atoms with Crippen molar-refractivity contribution < 1.29 is 71.5 Å². The van der Waals surface area contributed by atoms with Gasteiger partial charge in [-0.1, -0.05) is 26.7 Å². The van der Waals surface area contributed by atoms with E-state index in [0.29, 0.717) is 159 Å². The van der Waals surface area contributed by atoms with Crippen LogP contribution in [0.25, 0.3) is 0 Å². The fourth-order valence-electron chi connectivity index (χ4n) is 3.84. The predicted octanol–water partition coefficient (Wildman–Crippen LogP) is 1.94. The van der Waals surface area contributed by atoms with E-state index >= 15 is 0 Å². The quantitative estimate of drug-likeness (QED) is 0.0721. The molecule has 0 heterocycles. The van der Waals surface area contributed by atoms with Crippen LogP contribution >= 0.6 is 0 Å². The number of esters is 1. The van der Waals surface area contributed by atoms with Gasteiger partial charge in [-0.15, -0.1) is 0 Å². The van der Waals surface area contributed by atoms with Crippen LogP contribution in [0.1, 0.15) is 39.5 Å². The molecule has 49 heavy (non-hydrogen) atoms. The van der Waals surface area contributed by atoms with E-state index in [2.05, 4.69) is 6.92 Å². The van der Waals surface area contributed by atoms with Gasteiger partial charge in [-0.2, -0.15) is 0 Å². The van der Waals surface area contributed by atoms with Crippen LogP contribution in [0.4, 0.5) is 0 Å². The molecule has 0 amide bonds. The Bertz CT molecular complexity index is 632. The van der Waals surface area contributed by atoms with Crippen LogP contribution in [0.5, 0.6) is 0 Å². The summed E-state index contributed by atoms with van der Waals surface area (Å²) in [6.45, 7) is 15.9. The van der Waals surface area contributed by atoms with Crippen molar-refractivity contribution in [2.75, 3.05) is 172 Å². The number of hydrogen-bond acceptors (Lipinski definition) is 15. The van der Waals surface area contributed by atoms with Crippen LogP contribution in [-0.4, -0.2) is 183 Å². The summed E-state index contributed by atoms with van der Waals surface area (Å²) in [5.41, 5.74) is 0. The van der Waals surface area contributed by atoms with Crippen molar-refractivity contribution in [3.05, 3.63) is 0 Å². The fraction of sp³-hybridized carbons (Fsp3) is 0.971. The SMILES string of the molecule is CCCCC(CC)C(=O)OCCOCCOCCOCCOCCOCCOCCOCCOCCOCCOCCOCCOCCO. The first kappa shape index (κ1) is 48.0. The van der Waals surface area contributed by atoms with Gasteiger partial charge in [0.05, 0.1) is 171 Å². The molecule has 0 aliphatic rings. The molecule has 1 atom stereocenters. The standard InChI is InChI=1S/C34H68O15/c1-3-5-6-33(4-2)34(36)49-32-31-48-30-29-47-28-27-46-26-25-45-24-23-44-22-21-43-20-19-42-18-17-41-16-15-40-14-13-39-12-11-38-10-9-37-8-7-35/h33,35H,3-32H2,1-2H3. The number of ether oxygens (including phenoxy) is 13. The second kappa shape index (κ2) is 43.1. The topological polar surface area (TPSA) is 157 Å². The molecule has 15 nitrogen and oxygen atoms in total. The van der Waals surface area contributed by atoms with Crippen molar-refractivity contribution in [1.29, 1.82) is 0 Å². The van der Waals surface area contributed by atoms with Crippen LogP contribution < -0.4 is 0 Å². The van der Waals surface area contributed by atoms with Gasteiger partial charge >= 0.3 is 5.97 Å². The van der Waals surface area contributed by atoms with Crippen molar-refractivity contribution >= 4 is 5.97 Å². The van der Waals surface area contributed by atoms with Gasteiger partial charge in [0.25, 0.3) is 0 Å². The molecule has 0 saturated heterocycles.